The van der Waals surface area contributed by atoms with Gasteiger partial charge in [-0.2, -0.15) is 13.2 Å². The number of aliphatic hydroxyl groups excluding tert-OH is 1. The number of carbonyl (C=O) groups is 1. The van der Waals surface area contributed by atoms with Crippen molar-refractivity contribution in [2.45, 2.75) is 12.3 Å². The molecule has 0 saturated heterocycles. The zero-order valence-electron chi connectivity index (χ0n) is 11.1. The van der Waals surface area contributed by atoms with Gasteiger partial charge >= 0.3 is 6.18 Å². The molecule has 0 aliphatic heterocycles. The van der Waals surface area contributed by atoms with Crippen molar-refractivity contribution in [2.75, 3.05) is 0 Å². The van der Waals surface area contributed by atoms with E-state index in [1.165, 1.54) is 18.2 Å². The average molecular weight is 330 g/mol. The van der Waals surface area contributed by atoms with Gasteiger partial charge in [-0.3, -0.25) is 4.79 Å². The smallest absolute Gasteiger partial charge is 0.378 e. The summed E-state index contributed by atoms with van der Waals surface area (Å²) in [5, 5.41) is 9.37. The average Bonchev–Trinajstić information content (AvgIpc) is 2.45. The molecule has 0 aromatic heterocycles. The van der Waals surface area contributed by atoms with Crippen LogP contribution in [0, 0.1) is 0 Å². The van der Waals surface area contributed by atoms with Gasteiger partial charge in [-0.1, -0.05) is 41.9 Å². The Hall–Kier alpha value is -2.05. The number of rotatable bonds is 3. The second-order valence-corrected chi connectivity index (χ2v) is 4.99. The number of primary amides is 1. The molecule has 0 bridgehead atoms. The highest BCUT2D eigenvalue weighted by molar-refractivity contribution is 6.31. The molecule has 1 amide bonds. The first-order valence-corrected chi connectivity index (χ1v) is 6.53. The molecule has 0 heterocycles. The molecule has 1 unspecified atom stereocenters. The number of amides is 1. The Labute approximate surface area is 129 Å². The van der Waals surface area contributed by atoms with Gasteiger partial charge in [0.15, 0.2) is 6.10 Å². The third-order valence-electron chi connectivity index (χ3n) is 3.11. The summed E-state index contributed by atoms with van der Waals surface area (Å²) in [5.74, 6) is -0.988. The second kappa shape index (κ2) is 5.98. The highest BCUT2D eigenvalue weighted by Gasteiger charge is 2.33. The summed E-state index contributed by atoms with van der Waals surface area (Å²) in [6.07, 6.45) is -6.22. The van der Waals surface area contributed by atoms with Crippen LogP contribution >= 0.6 is 11.6 Å². The molecule has 0 aliphatic rings. The lowest BCUT2D eigenvalue weighted by atomic mass is 9.94. The molecular weight excluding hydrogens is 319 g/mol. The Morgan fingerprint density at radius 3 is 2.41 bits per heavy atom. The molecule has 22 heavy (non-hydrogen) atoms. The van der Waals surface area contributed by atoms with Crippen LogP contribution in [0.4, 0.5) is 13.2 Å². The minimum absolute atomic E-state index is 0.130. The summed E-state index contributed by atoms with van der Waals surface area (Å²) >= 11 is 5.58. The summed E-state index contributed by atoms with van der Waals surface area (Å²) < 4.78 is 38.8. The second-order valence-electron chi connectivity index (χ2n) is 4.58. The number of halogens is 4. The lowest BCUT2D eigenvalue weighted by molar-refractivity contribution is -0.137. The van der Waals surface area contributed by atoms with Crippen LogP contribution in [0.3, 0.4) is 0 Å². The Kier molecular flexibility index (Phi) is 4.44. The van der Waals surface area contributed by atoms with Gasteiger partial charge in [0.2, 0.25) is 0 Å². The van der Waals surface area contributed by atoms with E-state index in [-0.39, 0.29) is 16.7 Å². The van der Waals surface area contributed by atoms with Crippen molar-refractivity contribution in [3.8, 4) is 11.1 Å². The summed E-state index contributed by atoms with van der Waals surface area (Å²) in [5.41, 5.74) is 4.64. The summed E-state index contributed by atoms with van der Waals surface area (Å²) in [6.45, 7) is 0. The fraction of sp³-hybridized carbons (Fsp3) is 0.133. The molecule has 0 spiro atoms. The van der Waals surface area contributed by atoms with Crippen molar-refractivity contribution < 1.29 is 23.1 Å². The fourth-order valence-corrected chi connectivity index (χ4v) is 2.29. The predicted molar refractivity (Wildman–Crippen MR) is 76.0 cm³/mol. The van der Waals surface area contributed by atoms with Gasteiger partial charge in [0, 0.05) is 0 Å². The summed E-state index contributed by atoms with van der Waals surface area (Å²) in [6, 6.07) is 9.41. The van der Waals surface area contributed by atoms with Crippen molar-refractivity contribution in [1.82, 2.24) is 0 Å². The Morgan fingerprint density at radius 2 is 1.82 bits per heavy atom. The van der Waals surface area contributed by atoms with E-state index in [2.05, 4.69) is 0 Å². The molecule has 116 valence electrons. The zero-order chi connectivity index (χ0) is 16.5. The number of hydrogen-bond donors (Lipinski definition) is 2. The quantitative estimate of drug-likeness (QED) is 0.904. The molecule has 3 nitrogen and oxygen atoms in total. The van der Waals surface area contributed by atoms with E-state index in [4.69, 9.17) is 17.3 Å². The third kappa shape index (κ3) is 3.23. The van der Waals surface area contributed by atoms with E-state index >= 15 is 0 Å². The van der Waals surface area contributed by atoms with Crippen molar-refractivity contribution >= 4 is 17.5 Å². The summed E-state index contributed by atoms with van der Waals surface area (Å²) in [4.78, 5) is 11.1. The predicted octanol–water partition coefficient (Wildman–Crippen LogP) is 3.54. The van der Waals surface area contributed by atoms with Gasteiger partial charge in [-0.05, 0) is 28.8 Å². The molecule has 3 N–H and O–H groups in total. The van der Waals surface area contributed by atoms with Crippen LogP contribution in [-0.2, 0) is 11.0 Å². The van der Waals surface area contributed by atoms with Gasteiger partial charge in [-0.15, -0.1) is 0 Å². The SMILES string of the molecule is NC(=O)C(O)c1ccccc1-c1ccc(Cl)c(C(F)(F)F)c1. The maximum atomic E-state index is 12.9. The normalized spacial score (nSPS) is 13.0. The number of carbonyl (C=O) groups excluding carboxylic acids is 1. The lowest BCUT2D eigenvalue weighted by Crippen LogP contribution is -2.21. The van der Waals surface area contributed by atoms with E-state index < -0.39 is 28.8 Å². The molecule has 0 aliphatic carbocycles. The molecule has 0 radical (unpaired) electrons. The maximum absolute atomic E-state index is 12.9. The Morgan fingerprint density at radius 1 is 1.18 bits per heavy atom. The standard InChI is InChI=1S/C15H11ClF3NO2/c16-12-6-5-8(7-11(12)15(17,18)19)9-3-1-2-4-10(9)13(21)14(20)22/h1-7,13,21H,(H2,20,22). The topological polar surface area (TPSA) is 63.3 Å². The fourth-order valence-electron chi connectivity index (χ4n) is 2.06. The van der Waals surface area contributed by atoms with Crippen LogP contribution in [-0.4, -0.2) is 11.0 Å². The highest BCUT2D eigenvalue weighted by Crippen LogP contribution is 2.38. The van der Waals surface area contributed by atoms with E-state index in [1.807, 2.05) is 0 Å². The molecule has 7 heteroatoms. The number of hydrogen-bond acceptors (Lipinski definition) is 2. The number of aliphatic hydroxyl groups is 1. The van der Waals surface area contributed by atoms with E-state index in [1.54, 1.807) is 12.1 Å². The number of benzene rings is 2. The highest BCUT2D eigenvalue weighted by atomic mass is 35.5. The van der Waals surface area contributed by atoms with Crippen molar-refractivity contribution in [3.05, 3.63) is 58.6 Å². The van der Waals surface area contributed by atoms with E-state index in [0.29, 0.717) is 0 Å². The van der Waals surface area contributed by atoms with Crippen molar-refractivity contribution in [2.24, 2.45) is 5.73 Å². The van der Waals surface area contributed by atoms with E-state index in [0.717, 1.165) is 12.1 Å². The van der Waals surface area contributed by atoms with Gasteiger partial charge < -0.3 is 10.8 Å². The van der Waals surface area contributed by atoms with E-state index in [9.17, 15) is 23.1 Å². The van der Waals surface area contributed by atoms with Crippen LogP contribution in [0.25, 0.3) is 11.1 Å². The first-order valence-electron chi connectivity index (χ1n) is 6.15. The van der Waals surface area contributed by atoms with Crippen LogP contribution in [0.5, 0.6) is 0 Å². The Balaban J connectivity index is 2.61. The maximum Gasteiger partial charge on any atom is 0.417 e. The molecule has 1 atom stereocenters. The molecule has 2 aromatic rings. The molecular formula is C15H11ClF3NO2. The van der Waals surface area contributed by atoms with Crippen LogP contribution < -0.4 is 5.73 Å². The Bertz CT molecular complexity index is 716. The van der Waals surface area contributed by atoms with Crippen LogP contribution in [0.15, 0.2) is 42.5 Å². The van der Waals surface area contributed by atoms with Gasteiger partial charge in [-0.25, -0.2) is 0 Å². The minimum atomic E-state index is -4.61. The van der Waals surface area contributed by atoms with Crippen molar-refractivity contribution in [3.63, 3.8) is 0 Å². The molecule has 0 fully saturated rings. The number of nitrogens with two attached hydrogens (primary N) is 1. The first-order chi connectivity index (χ1) is 10.2. The monoisotopic (exact) mass is 329 g/mol. The minimum Gasteiger partial charge on any atom is -0.378 e. The first kappa shape index (κ1) is 16.3. The largest absolute Gasteiger partial charge is 0.417 e. The van der Waals surface area contributed by atoms with Gasteiger partial charge in [0.05, 0.1) is 10.6 Å². The summed E-state index contributed by atoms with van der Waals surface area (Å²) in [7, 11) is 0. The van der Waals surface area contributed by atoms with Gasteiger partial charge in [0.1, 0.15) is 0 Å². The third-order valence-corrected chi connectivity index (χ3v) is 3.44. The van der Waals surface area contributed by atoms with Crippen LogP contribution in [0.1, 0.15) is 17.2 Å². The van der Waals surface area contributed by atoms with Crippen LogP contribution in [0.2, 0.25) is 5.02 Å². The van der Waals surface area contributed by atoms with Crippen molar-refractivity contribution in [1.29, 1.82) is 0 Å². The molecule has 2 rings (SSSR count). The lowest BCUT2D eigenvalue weighted by Gasteiger charge is -2.15. The van der Waals surface area contributed by atoms with Gasteiger partial charge in [0.25, 0.3) is 5.91 Å². The zero-order valence-corrected chi connectivity index (χ0v) is 11.8. The molecule has 2 aromatic carbocycles. The molecule has 0 saturated carbocycles. The number of alkyl halides is 3.